The molecule has 0 aliphatic carbocycles. The van der Waals surface area contributed by atoms with Crippen molar-refractivity contribution >= 4 is 34.3 Å². The minimum absolute atomic E-state index is 0.305. The van der Waals surface area contributed by atoms with Gasteiger partial charge in [0, 0.05) is 30.2 Å². The molecule has 10 heteroatoms. The van der Waals surface area contributed by atoms with E-state index in [-0.39, 0.29) is 0 Å². The van der Waals surface area contributed by atoms with Crippen LogP contribution in [0.25, 0.3) is 33.7 Å². The first-order valence-electron chi connectivity index (χ1n) is 9.97. The molecule has 0 radical (unpaired) electrons. The number of carboxylic acid groups (broad SMARTS) is 1. The summed E-state index contributed by atoms with van der Waals surface area (Å²) in [7, 11) is 0. The van der Waals surface area contributed by atoms with Crippen molar-refractivity contribution in [3.05, 3.63) is 59.8 Å². The fourth-order valence-corrected chi connectivity index (χ4v) is 4.01. The number of carboxylic acids is 1. The van der Waals surface area contributed by atoms with E-state index in [1.54, 1.807) is 12.3 Å². The summed E-state index contributed by atoms with van der Waals surface area (Å²) in [6, 6.07) is 9.18. The Bertz CT molecular complexity index is 1330. The lowest BCUT2D eigenvalue weighted by molar-refractivity contribution is -0.139. The van der Waals surface area contributed by atoms with Crippen molar-refractivity contribution in [2.75, 3.05) is 24.5 Å². The van der Waals surface area contributed by atoms with Gasteiger partial charge in [-0.2, -0.15) is 0 Å². The zero-order valence-corrected chi connectivity index (χ0v) is 17.5. The van der Waals surface area contributed by atoms with E-state index >= 15 is 0 Å². The van der Waals surface area contributed by atoms with Crippen LogP contribution in [-0.4, -0.2) is 56.7 Å². The molecule has 1 aromatic carbocycles. The number of nitrogens with one attached hydrogen (secondary N) is 2. The van der Waals surface area contributed by atoms with E-state index in [1.807, 2.05) is 17.0 Å². The highest BCUT2D eigenvalue weighted by Crippen LogP contribution is 2.32. The zero-order valence-electron chi connectivity index (χ0n) is 16.7. The van der Waals surface area contributed by atoms with Crippen molar-refractivity contribution in [3.8, 4) is 22.6 Å². The number of halogens is 2. The van der Waals surface area contributed by atoms with E-state index in [0.29, 0.717) is 58.3 Å². The number of anilines is 1. The fourth-order valence-electron chi connectivity index (χ4n) is 3.83. The molecule has 0 unspecified atom stereocenters. The van der Waals surface area contributed by atoms with Crippen LogP contribution in [0.3, 0.4) is 0 Å². The molecule has 1 atom stereocenters. The molecule has 32 heavy (non-hydrogen) atoms. The highest BCUT2D eigenvalue weighted by atomic mass is 35.5. The molecule has 1 aliphatic heterocycles. The van der Waals surface area contributed by atoms with E-state index < -0.39 is 17.8 Å². The summed E-state index contributed by atoms with van der Waals surface area (Å²) in [4.78, 5) is 29.8. The van der Waals surface area contributed by atoms with Crippen LogP contribution >= 0.6 is 11.6 Å². The second-order valence-corrected chi connectivity index (χ2v) is 7.91. The van der Waals surface area contributed by atoms with Crippen LogP contribution in [0.4, 0.5) is 10.1 Å². The summed E-state index contributed by atoms with van der Waals surface area (Å²) in [6.45, 7) is 1.55. The van der Waals surface area contributed by atoms with Gasteiger partial charge in [-0.1, -0.05) is 11.6 Å². The van der Waals surface area contributed by atoms with Gasteiger partial charge in [-0.15, -0.1) is 0 Å². The number of aliphatic carboxylic acids is 1. The molecule has 0 amide bonds. The molecule has 162 valence electrons. The highest BCUT2D eigenvalue weighted by Gasteiger charge is 2.25. The van der Waals surface area contributed by atoms with Gasteiger partial charge in [0.05, 0.1) is 40.6 Å². The van der Waals surface area contributed by atoms with Crippen molar-refractivity contribution in [3.63, 3.8) is 0 Å². The fraction of sp³-hybridized carbons (Fsp3) is 0.182. The molecule has 0 saturated carbocycles. The number of hydrogen-bond donors (Lipinski definition) is 3. The third kappa shape index (κ3) is 3.76. The second kappa shape index (κ2) is 8.18. The molecular weight excluding hydrogens is 435 g/mol. The molecule has 1 aliphatic rings. The van der Waals surface area contributed by atoms with Crippen molar-refractivity contribution < 1.29 is 14.3 Å². The molecule has 0 spiro atoms. The molecular formula is C22H18ClFN6O2. The van der Waals surface area contributed by atoms with Gasteiger partial charge in [-0.3, -0.25) is 9.78 Å². The van der Waals surface area contributed by atoms with Gasteiger partial charge >= 0.3 is 5.97 Å². The van der Waals surface area contributed by atoms with Gasteiger partial charge in [0.2, 0.25) is 0 Å². The molecule has 1 fully saturated rings. The number of pyridine rings is 2. The number of hydrogen-bond acceptors (Lipinski definition) is 6. The Hall–Kier alpha value is -3.56. The minimum Gasteiger partial charge on any atom is -0.480 e. The SMILES string of the molecule is O=C(O)[C@H]1CN(c2cnc3ccc(-c4nc[nH]c4-c4cc(Cl)ccc4F)nc3c2)CCN1. The lowest BCUT2D eigenvalue weighted by atomic mass is 10.1. The van der Waals surface area contributed by atoms with E-state index in [4.69, 9.17) is 16.6 Å². The number of benzene rings is 1. The first kappa shape index (κ1) is 20.3. The molecule has 8 nitrogen and oxygen atoms in total. The third-order valence-corrected chi connectivity index (χ3v) is 5.68. The van der Waals surface area contributed by atoms with Crippen molar-refractivity contribution in [1.82, 2.24) is 25.3 Å². The molecule has 4 heterocycles. The Morgan fingerprint density at radius 3 is 2.91 bits per heavy atom. The number of nitrogens with zero attached hydrogens (tertiary/aromatic N) is 4. The molecule has 0 bridgehead atoms. The number of carbonyl (C=O) groups is 1. The summed E-state index contributed by atoms with van der Waals surface area (Å²) < 4.78 is 14.4. The van der Waals surface area contributed by atoms with Gasteiger partial charge < -0.3 is 20.3 Å². The van der Waals surface area contributed by atoms with Crippen LogP contribution in [0.5, 0.6) is 0 Å². The van der Waals surface area contributed by atoms with E-state index in [2.05, 4.69) is 20.3 Å². The van der Waals surface area contributed by atoms with E-state index in [1.165, 1.54) is 24.5 Å². The molecule has 4 aromatic rings. The first-order chi connectivity index (χ1) is 15.5. The topological polar surface area (TPSA) is 107 Å². The number of aromatic nitrogens is 4. The van der Waals surface area contributed by atoms with Crippen LogP contribution in [0.15, 0.2) is 48.9 Å². The summed E-state index contributed by atoms with van der Waals surface area (Å²) in [5, 5.41) is 12.7. The first-order valence-corrected chi connectivity index (χ1v) is 10.3. The maximum Gasteiger partial charge on any atom is 0.322 e. The molecule has 3 N–H and O–H groups in total. The average molecular weight is 453 g/mol. The Balaban J connectivity index is 1.53. The summed E-state index contributed by atoms with van der Waals surface area (Å²) in [5.41, 5.74) is 3.94. The van der Waals surface area contributed by atoms with Crippen molar-refractivity contribution in [1.29, 1.82) is 0 Å². The van der Waals surface area contributed by atoms with Crippen LogP contribution < -0.4 is 10.2 Å². The predicted octanol–water partition coefficient (Wildman–Crippen LogP) is 3.34. The zero-order chi connectivity index (χ0) is 22.2. The lowest BCUT2D eigenvalue weighted by Crippen LogP contribution is -2.54. The standard InChI is InChI=1S/C22H18ClFN6O2/c23-12-1-2-15(24)14(7-12)20-21(28-11-27-20)17-4-3-16-18(29-17)8-13(9-26-16)30-6-5-25-19(10-30)22(31)32/h1-4,7-9,11,19,25H,5-6,10H2,(H,27,28)(H,31,32)/t19-/m1/s1. The lowest BCUT2D eigenvalue weighted by Gasteiger charge is -2.33. The Morgan fingerprint density at radius 1 is 1.19 bits per heavy atom. The van der Waals surface area contributed by atoms with Crippen LogP contribution in [0, 0.1) is 5.82 Å². The van der Waals surface area contributed by atoms with Gasteiger partial charge in [0.1, 0.15) is 17.6 Å². The smallest absolute Gasteiger partial charge is 0.322 e. The van der Waals surface area contributed by atoms with E-state index in [0.717, 1.165) is 5.69 Å². The predicted molar refractivity (Wildman–Crippen MR) is 119 cm³/mol. The van der Waals surface area contributed by atoms with Gasteiger partial charge in [-0.25, -0.2) is 14.4 Å². The summed E-state index contributed by atoms with van der Waals surface area (Å²) in [5.74, 6) is -1.31. The number of aromatic amines is 1. The maximum atomic E-state index is 14.4. The maximum absolute atomic E-state index is 14.4. The van der Waals surface area contributed by atoms with Gasteiger partial charge in [0.25, 0.3) is 0 Å². The van der Waals surface area contributed by atoms with Gasteiger partial charge in [-0.05, 0) is 36.4 Å². The second-order valence-electron chi connectivity index (χ2n) is 7.47. The Kier molecular flexibility index (Phi) is 5.20. The molecule has 3 aromatic heterocycles. The number of rotatable bonds is 4. The molecule has 5 rings (SSSR count). The number of H-pyrrole nitrogens is 1. The van der Waals surface area contributed by atoms with Crippen LogP contribution in [-0.2, 0) is 4.79 Å². The Morgan fingerprint density at radius 2 is 2.06 bits per heavy atom. The highest BCUT2D eigenvalue weighted by molar-refractivity contribution is 6.30. The van der Waals surface area contributed by atoms with Crippen molar-refractivity contribution in [2.24, 2.45) is 0 Å². The van der Waals surface area contributed by atoms with Crippen molar-refractivity contribution in [2.45, 2.75) is 6.04 Å². The average Bonchev–Trinajstić information content (AvgIpc) is 3.29. The number of fused-ring (bicyclic) bond motifs is 1. The van der Waals surface area contributed by atoms with E-state index in [9.17, 15) is 14.3 Å². The molecule has 1 saturated heterocycles. The normalized spacial score (nSPS) is 16.4. The summed E-state index contributed by atoms with van der Waals surface area (Å²) in [6.07, 6.45) is 3.20. The van der Waals surface area contributed by atoms with Crippen LogP contribution in [0.2, 0.25) is 5.02 Å². The van der Waals surface area contributed by atoms with Gasteiger partial charge in [0.15, 0.2) is 0 Å². The third-order valence-electron chi connectivity index (χ3n) is 5.44. The minimum atomic E-state index is -0.886. The Labute approximate surface area is 187 Å². The van der Waals surface area contributed by atoms with Crippen LogP contribution in [0.1, 0.15) is 0 Å². The largest absolute Gasteiger partial charge is 0.480 e. The quantitative estimate of drug-likeness (QED) is 0.436. The number of piperazine rings is 1. The summed E-state index contributed by atoms with van der Waals surface area (Å²) >= 11 is 6.06. The number of imidazole rings is 1. The monoisotopic (exact) mass is 452 g/mol.